The number of hydrogen-bond acceptors (Lipinski definition) is 2. The van der Waals surface area contributed by atoms with Gasteiger partial charge in [-0.1, -0.05) is 23.2 Å². The Balaban J connectivity index is 2.75. The van der Waals surface area contributed by atoms with Crippen molar-refractivity contribution >= 4 is 23.2 Å². The predicted molar refractivity (Wildman–Crippen MR) is 35.5 cm³/mol. The molecule has 1 aliphatic rings. The van der Waals surface area contributed by atoms with Crippen molar-refractivity contribution in [1.82, 2.24) is 0 Å². The standard InChI is InChI=1S/C5H8Cl2O2/c6-4(7)2-1-3-5(4,8)9/h8-9H,1-3H2. The fourth-order valence-electron chi connectivity index (χ4n) is 0.940. The molecule has 0 aromatic heterocycles. The Morgan fingerprint density at radius 1 is 1.11 bits per heavy atom. The molecule has 54 valence electrons. The minimum Gasteiger partial charge on any atom is -0.363 e. The van der Waals surface area contributed by atoms with Gasteiger partial charge >= 0.3 is 0 Å². The summed E-state index contributed by atoms with van der Waals surface area (Å²) >= 11 is 11.0. The summed E-state index contributed by atoms with van der Waals surface area (Å²) in [6.45, 7) is 0. The number of alkyl halides is 2. The van der Waals surface area contributed by atoms with E-state index in [0.717, 1.165) is 0 Å². The first-order chi connectivity index (χ1) is 3.96. The van der Waals surface area contributed by atoms with Crippen LogP contribution in [-0.2, 0) is 0 Å². The average Bonchev–Trinajstić information content (AvgIpc) is 1.81. The van der Waals surface area contributed by atoms with Crippen LogP contribution in [0, 0.1) is 0 Å². The van der Waals surface area contributed by atoms with Crippen LogP contribution in [0.5, 0.6) is 0 Å². The van der Waals surface area contributed by atoms with Crippen molar-refractivity contribution in [1.29, 1.82) is 0 Å². The molecule has 0 atom stereocenters. The van der Waals surface area contributed by atoms with E-state index < -0.39 is 10.1 Å². The van der Waals surface area contributed by atoms with Gasteiger partial charge in [0.15, 0.2) is 10.1 Å². The zero-order chi connectivity index (χ0) is 7.12. The first-order valence-electron chi connectivity index (χ1n) is 2.78. The Kier molecular flexibility index (Phi) is 1.68. The van der Waals surface area contributed by atoms with Crippen LogP contribution in [0.15, 0.2) is 0 Å². The van der Waals surface area contributed by atoms with E-state index in [1.807, 2.05) is 0 Å². The van der Waals surface area contributed by atoms with Crippen molar-refractivity contribution in [3.63, 3.8) is 0 Å². The largest absolute Gasteiger partial charge is 0.363 e. The Morgan fingerprint density at radius 3 is 1.78 bits per heavy atom. The summed E-state index contributed by atoms with van der Waals surface area (Å²) in [5.74, 6) is -1.88. The number of aliphatic hydroxyl groups is 2. The molecule has 1 fully saturated rings. The molecule has 2 nitrogen and oxygen atoms in total. The van der Waals surface area contributed by atoms with Gasteiger partial charge in [-0.15, -0.1) is 0 Å². The highest BCUT2D eigenvalue weighted by Gasteiger charge is 2.50. The number of hydrogen-bond donors (Lipinski definition) is 2. The maximum absolute atomic E-state index is 9.01. The third-order valence-electron chi connectivity index (χ3n) is 1.60. The molecule has 0 spiro atoms. The molecule has 0 unspecified atom stereocenters. The van der Waals surface area contributed by atoms with Crippen molar-refractivity contribution < 1.29 is 10.2 Å². The highest BCUT2D eigenvalue weighted by molar-refractivity contribution is 6.49. The van der Waals surface area contributed by atoms with Crippen molar-refractivity contribution in [2.45, 2.75) is 29.4 Å². The van der Waals surface area contributed by atoms with E-state index in [2.05, 4.69) is 0 Å². The highest BCUT2D eigenvalue weighted by atomic mass is 35.5. The SMILES string of the molecule is OC1(O)CCCC1(Cl)Cl. The van der Waals surface area contributed by atoms with Gasteiger partial charge in [-0.25, -0.2) is 0 Å². The van der Waals surface area contributed by atoms with E-state index >= 15 is 0 Å². The zero-order valence-electron chi connectivity index (χ0n) is 4.77. The maximum Gasteiger partial charge on any atom is 0.196 e. The summed E-state index contributed by atoms with van der Waals surface area (Å²) in [5.41, 5.74) is 0. The lowest BCUT2D eigenvalue weighted by Crippen LogP contribution is -2.40. The fourth-order valence-corrected chi connectivity index (χ4v) is 1.40. The maximum atomic E-state index is 9.01. The minimum absolute atomic E-state index is 0.264. The zero-order valence-corrected chi connectivity index (χ0v) is 6.28. The third-order valence-corrected chi connectivity index (χ3v) is 2.59. The molecular formula is C5H8Cl2O2. The lowest BCUT2D eigenvalue weighted by molar-refractivity contribution is -0.158. The van der Waals surface area contributed by atoms with E-state index in [-0.39, 0.29) is 6.42 Å². The van der Waals surface area contributed by atoms with Gasteiger partial charge in [-0.05, 0) is 12.8 Å². The lowest BCUT2D eigenvalue weighted by Gasteiger charge is -2.25. The molecule has 4 heteroatoms. The minimum atomic E-state index is -1.88. The summed E-state index contributed by atoms with van der Waals surface area (Å²) in [5, 5.41) is 18.0. The first-order valence-corrected chi connectivity index (χ1v) is 3.54. The summed E-state index contributed by atoms with van der Waals surface area (Å²) in [7, 11) is 0. The lowest BCUT2D eigenvalue weighted by atomic mass is 10.2. The molecule has 0 aromatic rings. The van der Waals surface area contributed by atoms with Gasteiger partial charge in [-0.3, -0.25) is 0 Å². The molecule has 0 heterocycles. The van der Waals surface area contributed by atoms with Gasteiger partial charge in [0.1, 0.15) is 0 Å². The molecule has 0 saturated heterocycles. The average molecular weight is 171 g/mol. The van der Waals surface area contributed by atoms with E-state index in [1.54, 1.807) is 0 Å². The summed E-state index contributed by atoms with van der Waals surface area (Å²) in [6.07, 6.45) is 1.38. The van der Waals surface area contributed by atoms with Crippen molar-refractivity contribution in [2.75, 3.05) is 0 Å². The highest BCUT2D eigenvalue weighted by Crippen LogP contribution is 2.45. The van der Waals surface area contributed by atoms with Crippen molar-refractivity contribution in [3.05, 3.63) is 0 Å². The molecule has 0 aromatic carbocycles. The van der Waals surface area contributed by atoms with Crippen molar-refractivity contribution in [3.8, 4) is 0 Å². The molecule has 2 N–H and O–H groups in total. The van der Waals surface area contributed by atoms with Gasteiger partial charge in [0.25, 0.3) is 0 Å². The molecule has 0 aliphatic heterocycles. The number of halogens is 2. The van der Waals surface area contributed by atoms with Gasteiger partial charge in [-0.2, -0.15) is 0 Å². The van der Waals surface area contributed by atoms with E-state index in [9.17, 15) is 0 Å². The van der Waals surface area contributed by atoms with Crippen molar-refractivity contribution in [2.24, 2.45) is 0 Å². The van der Waals surface area contributed by atoms with Gasteiger partial charge in [0, 0.05) is 6.42 Å². The quantitative estimate of drug-likeness (QED) is 0.422. The molecule has 1 aliphatic carbocycles. The monoisotopic (exact) mass is 170 g/mol. The van der Waals surface area contributed by atoms with Gasteiger partial charge < -0.3 is 10.2 Å². The molecule has 0 amide bonds. The fraction of sp³-hybridized carbons (Fsp3) is 1.00. The Hall–Kier alpha value is 0.500. The van der Waals surface area contributed by atoms with Crippen LogP contribution < -0.4 is 0 Å². The first kappa shape index (κ1) is 7.61. The second kappa shape index (κ2) is 1.99. The molecule has 0 bridgehead atoms. The normalized spacial score (nSPS) is 30.7. The van der Waals surface area contributed by atoms with E-state index in [4.69, 9.17) is 33.4 Å². The van der Waals surface area contributed by atoms with Gasteiger partial charge in [0.2, 0.25) is 0 Å². The van der Waals surface area contributed by atoms with E-state index in [0.29, 0.717) is 12.8 Å². The topological polar surface area (TPSA) is 40.5 Å². The van der Waals surface area contributed by atoms with Crippen LogP contribution in [0.1, 0.15) is 19.3 Å². The molecule has 0 radical (unpaired) electrons. The summed E-state index contributed by atoms with van der Waals surface area (Å²) in [6, 6.07) is 0. The predicted octanol–water partition coefficient (Wildman–Crippen LogP) is 1.03. The van der Waals surface area contributed by atoms with Gasteiger partial charge in [0.05, 0.1) is 0 Å². The smallest absolute Gasteiger partial charge is 0.196 e. The van der Waals surface area contributed by atoms with E-state index in [1.165, 1.54) is 0 Å². The van der Waals surface area contributed by atoms with Crippen LogP contribution >= 0.6 is 23.2 Å². The molecule has 9 heavy (non-hydrogen) atoms. The molecule has 1 saturated carbocycles. The molecular weight excluding hydrogens is 163 g/mol. The number of rotatable bonds is 0. The second-order valence-corrected chi connectivity index (χ2v) is 3.86. The molecule has 1 rings (SSSR count). The Bertz CT molecular complexity index is 108. The summed E-state index contributed by atoms with van der Waals surface area (Å²) in [4.78, 5) is 0. The Morgan fingerprint density at radius 2 is 1.67 bits per heavy atom. The van der Waals surface area contributed by atoms with Crippen LogP contribution in [-0.4, -0.2) is 20.3 Å². The van der Waals surface area contributed by atoms with Crippen LogP contribution in [0.4, 0.5) is 0 Å². The second-order valence-electron chi connectivity index (χ2n) is 2.37. The Labute approximate surface area is 63.4 Å². The van der Waals surface area contributed by atoms with Crippen LogP contribution in [0.2, 0.25) is 0 Å². The van der Waals surface area contributed by atoms with Crippen LogP contribution in [0.3, 0.4) is 0 Å². The van der Waals surface area contributed by atoms with Crippen LogP contribution in [0.25, 0.3) is 0 Å². The summed E-state index contributed by atoms with van der Waals surface area (Å²) < 4.78 is -1.35. The third kappa shape index (κ3) is 1.17.